The van der Waals surface area contributed by atoms with Crippen LogP contribution in [0.2, 0.25) is 0 Å². The number of benzene rings is 3. The van der Waals surface area contributed by atoms with Gasteiger partial charge in [0.15, 0.2) is 0 Å². The van der Waals surface area contributed by atoms with Crippen molar-refractivity contribution in [2.45, 2.75) is 25.8 Å². The Labute approximate surface area is 186 Å². The van der Waals surface area contributed by atoms with Crippen LogP contribution in [0.1, 0.15) is 50.7 Å². The SMILES string of the molecule is COc1ccc(C(NC(=O)c2ccc(C)c(NC(=O)c3ccccc3F)c2)C2CC2)cc1. The molecule has 3 aromatic carbocycles. The van der Waals surface area contributed by atoms with Crippen molar-refractivity contribution in [3.63, 3.8) is 0 Å². The van der Waals surface area contributed by atoms with E-state index in [1.165, 1.54) is 18.2 Å². The van der Waals surface area contributed by atoms with Crippen LogP contribution in [0, 0.1) is 18.7 Å². The number of amides is 2. The number of hydrogen-bond donors (Lipinski definition) is 2. The Morgan fingerprint density at radius 1 is 1.00 bits per heavy atom. The van der Waals surface area contributed by atoms with Crippen LogP contribution < -0.4 is 15.4 Å². The van der Waals surface area contributed by atoms with Gasteiger partial charge in [0.1, 0.15) is 11.6 Å². The lowest BCUT2D eigenvalue weighted by Gasteiger charge is -2.20. The van der Waals surface area contributed by atoms with E-state index in [4.69, 9.17) is 4.74 Å². The highest BCUT2D eigenvalue weighted by atomic mass is 19.1. The average molecular weight is 432 g/mol. The normalized spacial score (nSPS) is 13.8. The number of ether oxygens (including phenoxy) is 1. The maximum absolute atomic E-state index is 14.0. The molecule has 5 nitrogen and oxygen atoms in total. The second-order valence-electron chi connectivity index (χ2n) is 8.03. The third kappa shape index (κ3) is 4.80. The minimum Gasteiger partial charge on any atom is -0.497 e. The summed E-state index contributed by atoms with van der Waals surface area (Å²) in [6.07, 6.45) is 2.13. The van der Waals surface area contributed by atoms with Crippen LogP contribution in [0.5, 0.6) is 5.75 Å². The summed E-state index contributed by atoms with van der Waals surface area (Å²) in [5.74, 6) is -0.207. The van der Waals surface area contributed by atoms with Crippen LogP contribution in [0.15, 0.2) is 66.7 Å². The summed E-state index contributed by atoms with van der Waals surface area (Å²) in [5, 5.41) is 5.86. The van der Waals surface area contributed by atoms with Crippen LogP contribution >= 0.6 is 0 Å². The van der Waals surface area contributed by atoms with Gasteiger partial charge in [-0.05, 0) is 73.2 Å². The summed E-state index contributed by atoms with van der Waals surface area (Å²) in [7, 11) is 1.62. The Morgan fingerprint density at radius 2 is 1.72 bits per heavy atom. The summed E-state index contributed by atoms with van der Waals surface area (Å²) < 4.78 is 19.2. The molecule has 1 saturated carbocycles. The lowest BCUT2D eigenvalue weighted by molar-refractivity contribution is 0.0930. The van der Waals surface area contributed by atoms with Gasteiger partial charge in [0.05, 0.1) is 18.7 Å². The first-order chi connectivity index (χ1) is 15.5. The molecule has 164 valence electrons. The van der Waals surface area contributed by atoms with Crippen molar-refractivity contribution in [1.29, 1.82) is 0 Å². The molecule has 0 spiro atoms. The molecule has 1 fully saturated rings. The van der Waals surface area contributed by atoms with Crippen molar-refractivity contribution in [2.75, 3.05) is 12.4 Å². The molecule has 0 radical (unpaired) electrons. The Kier molecular flexibility index (Phi) is 6.21. The second-order valence-corrected chi connectivity index (χ2v) is 8.03. The van der Waals surface area contributed by atoms with E-state index in [9.17, 15) is 14.0 Å². The highest BCUT2D eigenvalue weighted by Crippen LogP contribution is 2.41. The third-order valence-corrected chi connectivity index (χ3v) is 5.72. The number of rotatable bonds is 7. The van der Waals surface area contributed by atoms with Gasteiger partial charge in [-0.15, -0.1) is 0 Å². The van der Waals surface area contributed by atoms with E-state index in [0.717, 1.165) is 29.7 Å². The summed E-state index contributed by atoms with van der Waals surface area (Å²) >= 11 is 0. The molecule has 0 aromatic heterocycles. The summed E-state index contributed by atoms with van der Waals surface area (Å²) in [4.78, 5) is 25.6. The van der Waals surface area contributed by atoms with Crippen LogP contribution in [0.25, 0.3) is 0 Å². The molecule has 6 heteroatoms. The Balaban J connectivity index is 1.52. The fourth-order valence-corrected chi connectivity index (χ4v) is 3.67. The predicted octanol–water partition coefficient (Wildman–Crippen LogP) is 5.28. The fraction of sp³-hybridized carbons (Fsp3) is 0.231. The molecule has 1 aliphatic rings. The van der Waals surface area contributed by atoms with Crippen LogP contribution in [-0.4, -0.2) is 18.9 Å². The number of hydrogen-bond acceptors (Lipinski definition) is 3. The maximum atomic E-state index is 14.0. The van der Waals surface area contributed by atoms with Gasteiger partial charge in [0.2, 0.25) is 0 Å². The number of carbonyl (C=O) groups excluding carboxylic acids is 2. The van der Waals surface area contributed by atoms with Gasteiger partial charge in [-0.3, -0.25) is 9.59 Å². The molecule has 0 bridgehead atoms. The molecule has 0 saturated heterocycles. The van der Waals surface area contributed by atoms with E-state index in [2.05, 4.69) is 10.6 Å². The summed E-state index contributed by atoms with van der Waals surface area (Å²) in [5.41, 5.74) is 2.66. The fourth-order valence-electron chi connectivity index (χ4n) is 3.67. The largest absolute Gasteiger partial charge is 0.497 e. The van der Waals surface area contributed by atoms with Crippen LogP contribution in [0.3, 0.4) is 0 Å². The molecule has 2 N–H and O–H groups in total. The molecule has 0 aliphatic heterocycles. The Morgan fingerprint density at radius 3 is 2.38 bits per heavy atom. The van der Waals surface area contributed by atoms with Crippen molar-refractivity contribution in [2.24, 2.45) is 5.92 Å². The zero-order valence-corrected chi connectivity index (χ0v) is 18.0. The van der Waals surface area contributed by atoms with E-state index in [1.807, 2.05) is 31.2 Å². The highest BCUT2D eigenvalue weighted by Gasteiger charge is 2.33. The second kappa shape index (κ2) is 9.22. The first kappa shape index (κ1) is 21.6. The van der Waals surface area contributed by atoms with Gasteiger partial charge in [0.25, 0.3) is 11.8 Å². The Bertz CT molecular complexity index is 1140. The van der Waals surface area contributed by atoms with Crippen molar-refractivity contribution in [3.05, 3.63) is 94.8 Å². The highest BCUT2D eigenvalue weighted by molar-refractivity contribution is 6.05. The number of anilines is 1. The standard InChI is InChI=1S/C26H25FN2O3/c1-16-7-8-19(15-23(16)28-26(31)21-5-3-4-6-22(21)27)25(30)29-24(17-9-10-17)18-11-13-20(32-2)14-12-18/h3-8,11-15,17,24H,9-10H2,1-2H3,(H,28,31)(H,29,30). The van der Waals surface area contributed by atoms with Gasteiger partial charge >= 0.3 is 0 Å². The Hall–Kier alpha value is -3.67. The molecule has 2 amide bonds. The third-order valence-electron chi connectivity index (χ3n) is 5.72. The molecule has 1 aliphatic carbocycles. The van der Waals surface area contributed by atoms with Crippen molar-refractivity contribution in [1.82, 2.24) is 5.32 Å². The predicted molar refractivity (Wildman–Crippen MR) is 121 cm³/mol. The summed E-state index contributed by atoms with van der Waals surface area (Å²) in [6.45, 7) is 1.82. The minimum atomic E-state index is -0.594. The first-order valence-electron chi connectivity index (χ1n) is 10.6. The first-order valence-corrected chi connectivity index (χ1v) is 10.6. The van der Waals surface area contributed by atoms with E-state index < -0.39 is 11.7 Å². The topological polar surface area (TPSA) is 67.4 Å². The van der Waals surface area contributed by atoms with Gasteiger partial charge < -0.3 is 15.4 Å². The van der Waals surface area contributed by atoms with Crippen molar-refractivity contribution in [3.8, 4) is 5.75 Å². The molecule has 0 heterocycles. The maximum Gasteiger partial charge on any atom is 0.258 e. The van der Waals surface area contributed by atoms with Crippen molar-refractivity contribution >= 4 is 17.5 Å². The quantitative estimate of drug-likeness (QED) is 0.534. The van der Waals surface area contributed by atoms with E-state index in [-0.39, 0.29) is 17.5 Å². The average Bonchev–Trinajstić information content (AvgIpc) is 3.64. The number of nitrogens with one attached hydrogen (secondary N) is 2. The monoisotopic (exact) mass is 432 g/mol. The lowest BCUT2D eigenvalue weighted by Crippen LogP contribution is -2.30. The van der Waals surface area contributed by atoms with Gasteiger partial charge in [-0.2, -0.15) is 0 Å². The molecule has 3 aromatic rings. The number of aryl methyl sites for hydroxylation is 1. The molecule has 1 unspecified atom stereocenters. The molecule has 32 heavy (non-hydrogen) atoms. The molecular weight excluding hydrogens is 407 g/mol. The number of carbonyl (C=O) groups is 2. The van der Waals surface area contributed by atoms with Crippen molar-refractivity contribution < 1.29 is 18.7 Å². The van der Waals surface area contributed by atoms with Gasteiger partial charge in [-0.1, -0.05) is 30.3 Å². The van der Waals surface area contributed by atoms with E-state index in [0.29, 0.717) is 17.2 Å². The zero-order valence-electron chi connectivity index (χ0n) is 18.0. The minimum absolute atomic E-state index is 0.0462. The smallest absolute Gasteiger partial charge is 0.258 e. The number of methoxy groups -OCH3 is 1. The lowest BCUT2D eigenvalue weighted by atomic mass is 10.0. The van der Waals surface area contributed by atoms with Gasteiger partial charge in [-0.25, -0.2) is 4.39 Å². The van der Waals surface area contributed by atoms with Gasteiger partial charge in [0, 0.05) is 11.3 Å². The van der Waals surface area contributed by atoms with Crippen LogP contribution in [0.4, 0.5) is 10.1 Å². The zero-order chi connectivity index (χ0) is 22.7. The molecular formula is C26H25FN2O3. The molecule has 4 rings (SSSR count). The molecule has 1 atom stereocenters. The van der Waals surface area contributed by atoms with E-state index in [1.54, 1.807) is 31.4 Å². The number of halogens is 1. The summed E-state index contributed by atoms with van der Waals surface area (Å²) in [6, 6.07) is 18.5. The van der Waals surface area contributed by atoms with E-state index >= 15 is 0 Å². The van der Waals surface area contributed by atoms with Crippen LogP contribution in [-0.2, 0) is 0 Å².